The topological polar surface area (TPSA) is 55.1 Å². The number of hydrogen-bond acceptors (Lipinski definition) is 3. The van der Waals surface area contributed by atoms with E-state index in [1.165, 1.54) is 12.8 Å². The molecule has 1 aliphatic carbocycles. The van der Waals surface area contributed by atoms with Crippen molar-refractivity contribution in [2.75, 3.05) is 12.8 Å². The van der Waals surface area contributed by atoms with Crippen molar-refractivity contribution in [2.24, 2.45) is 5.73 Å². The summed E-state index contributed by atoms with van der Waals surface area (Å²) < 4.78 is 0.312. The third-order valence-corrected chi connectivity index (χ3v) is 4.68. The smallest absolute Gasteiger partial charge is 0.251 e. The van der Waals surface area contributed by atoms with Crippen molar-refractivity contribution in [3.05, 3.63) is 35.4 Å². The lowest BCUT2D eigenvalue weighted by atomic mass is 10.1. The number of thioether (sulfide) groups is 1. The van der Waals surface area contributed by atoms with E-state index in [9.17, 15) is 4.79 Å². The monoisotopic (exact) mass is 250 g/mol. The van der Waals surface area contributed by atoms with Crippen molar-refractivity contribution in [1.29, 1.82) is 0 Å². The largest absolute Gasteiger partial charge is 0.351 e. The van der Waals surface area contributed by atoms with Gasteiger partial charge in [0.05, 0.1) is 0 Å². The van der Waals surface area contributed by atoms with Crippen LogP contribution in [-0.2, 0) is 6.54 Å². The van der Waals surface area contributed by atoms with Crippen molar-refractivity contribution in [3.63, 3.8) is 0 Å². The van der Waals surface area contributed by atoms with Gasteiger partial charge in [-0.15, -0.1) is 0 Å². The second kappa shape index (κ2) is 5.10. The Kier molecular flexibility index (Phi) is 3.74. The van der Waals surface area contributed by atoms with Gasteiger partial charge in [-0.1, -0.05) is 12.1 Å². The minimum absolute atomic E-state index is 0.00824. The number of carbonyl (C=O) groups excluding carboxylic acids is 1. The number of nitrogens with one attached hydrogen (secondary N) is 1. The summed E-state index contributed by atoms with van der Waals surface area (Å²) in [4.78, 5) is 11.9. The number of benzene rings is 1. The first-order chi connectivity index (χ1) is 8.19. The summed E-state index contributed by atoms with van der Waals surface area (Å²) in [5, 5.41) is 3.00. The van der Waals surface area contributed by atoms with E-state index in [0.29, 0.717) is 16.9 Å². The van der Waals surface area contributed by atoms with Crippen molar-refractivity contribution < 1.29 is 4.79 Å². The Morgan fingerprint density at radius 2 is 2.06 bits per heavy atom. The van der Waals surface area contributed by atoms with Crippen LogP contribution in [0.1, 0.15) is 28.8 Å². The maximum atomic E-state index is 11.9. The van der Waals surface area contributed by atoms with E-state index in [1.54, 1.807) is 0 Å². The SMILES string of the molecule is CSC1(CNC(=O)c2ccc(CN)cc2)CC1. The number of hydrogen-bond donors (Lipinski definition) is 2. The van der Waals surface area contributed by atoms with E-state index in [-0.39, 0.29) is 5.91 Å². The zero-order valence-electron chi connectivity index (χ0n) is 10.0. The second-order valence-corrected chi connectivity index (χ2v) is 5.75. The molecular weight excluding hydrogens is 232 g/mol. The quantitative estimate of drug-likeness (QED) is 0.837. The lowest BCUT2D eigenvalue weighted by Crippen LogP contribution is -2.31. The zero-order chi connectivity index (χ0) is 12.3. The van der Waals surface area contributed by atoms with Crippen molar-refractivity contribution >= 4 is 17.7 Å². The van der Waals surface area contributed by atoms with Crippen LogP contribution in [0, 0.1) is 0 Å². The maximum absolute atomic E-state index is 11.9. The second-order valence-electron chi connectivity index (χ2n) is 4.47. The van der Waals surface area contributed by atoms with Gasteiger partial charge in [0, 0.05) is 23.4 Å². The average Bonchev–Trinajstić information content (AvgIpc) is 3.17. The first kappa shape index (κ1) is 12.5. The average molecular weight is 250 g/mol. The number of nitrogens with two attached hydrogens (primary N) is 1. The highest BCUT2D eigenvalue weighted by atomic mass is 32.2. The third-order valence-electron chi connectivity index (χ3n) is 3.26. The number of carbonyl (C=O) groups is 1. The van der Waals surface area contributed by atoms with Gasteiger partial charge in [-0.2, -0.15) is 11.8 Å². The third kappa shape index (κ3) is 3.01. The lowest BCUT2D eigenvalue weighted by Gasteiger charge is -2.13. The molecule has 1 aliphatic rings. The molecule has 92 valence electrons. The molecule has 1 fully saturated rings. The molecule has 1 saturated carbocycles. The van der Waals surface area contributed by atoms with E-state index in [2.05, 4.69) is 11.6 Å². The van der Waals surface area contributed by atoms with Crippen LogP contribution in [0.4, 0.5) is 0 Å². The number of rotatable bonds is 5. The van der Waals surface area contributed by atoms with Gasteiger partial charge in [0.25, 0.3) is 5.91 Å². The molecule has 3 nitrogen and oxygen atoms in total. The Morgan fingerprint density at radius 1 is 1.41 bits per heavy atom. The van der Waals surface area contributed by atoms with Gasteiger partial charge in [-0.3, -0.25) is 4.79 Å². The molecule has 0 radical (unpaired) electrons. The minimum Gasteiger partial charge on any atom is -0.351 e. The Morgan fingerprint density at radius 3 is 2.53 bits per heavy atom. The van der Waals surface area contributed by atoms with Gasteiger partial charge in [-0.05, 0) is 36.8 Å². The van der Waals surface area contributed by atoms with Gasteiger partial charge in [0.15, 0.2) is 0 Å². The predicted octanol–water partition coefficient (Wildman–Crippen LogP) is 1.77. The molecule has 1 aromatic rings. The molecule has 3 N–H and O–H groups in total. The highest BCUT2D eigenvalue weighted by molar-refractivity contribution is 8.00. The van der Waals surface area contributed by atoms with E-state index >= 15 is 0 Å². The highest BCUT2D eigenvalue weighted by Gasteiger charge is 2.41. The Balaban J connectivity index is 1.90. The Hall–Kier alpha value is -1.00. The maximum Gasteiger partial charge on any atom is 0.251 e. The fourth-order valence-electron chi connectivity index (χ4n) is 1.73. The first-order valence-electron chi connectivity index (χ1n) is 5.81. The lowest BCUT2D eigenvalue weighted by molar-refractivity contribution is 0.0953. The molecule has 0 atom stereocenters. The molecule has 0 bridgehead atoms. The van der Waals surface area contributed by atoms with E-state index in [0.717, 1.165) is 12.1 Å². The first-order valence-corrected chi connectivity index (χ1v) is 7.04. The van der Waals surface area contributed by atoms with E-state index in [4.69, 9.17) is 5.73 Å². The number of amides is 1. The standard InChI is InChI=1S/C13H18N2OS/c1-17-13(6-7-13)9-15-12(16)11-4-2-10(8-14)3-5-11/h2-5H,6-9,14H2,1H3,(H,15,16). The van der Waals surface area contributed by atoms with Gasteiger partial charge < -0.3 is 11.1 Å². The van der Waals surface area contributed by atoms with Crippen LogP contribution in [0.5, 0.6) is 0 Å². The molecule has 1 amide bonds. The van der Waals surface area contributed by atoms with Crippen LogP contribution >= 0.6 is 11.8 Å². The summed E-state index contributed by atoms with van der Waals surface area (Å²) in [7, 11) is 0. The fourth-order valence-corrected chi connectivity index (χ4v) is 2.45. The Labute approximate surface area is 106 Å². The molecule has 0 spiro atoms. The van der Waals surface area contributed by atoms with Crippen molar-refractivity contribution in [2.45, 2.75) is 24.1 Å². The van der Waals surface area contributed by atoms with Gasteiger partial charge in [0.1, 0.15) is 0 Å². The fraction of sp³-hybridized carbons (Fsp3) is 0.462. The molecule has 0 aromatic heterocycles. The molecule has 0 heterocycles. The molecule has 1 aromatic carbocycles. The highest BCUT2D eigenvalue weighted by Crippen LogP contribution is 2.46. The van der Waals surface area contributed by atoms with Crippen molar-refractivity contribution in [3.8, 4) is 0 Å². The Bertz CT molecular complexity index is 398. The summed E-state index contributed by atoms with van der Waals surface area (Å²) in [6, 6.07) is 7.46. The molecule has 0 saturated heterocycles. The van der Waals surface area contributed by atoms with E-state index in [1.807, 2.05) is 36.0 Å². The van der Waals surface area contributed by atoms with Crippen LogP contribution in [0.15, 0.2) is 24.3 Å². The summed E-state index contributed by atoms with van der Waals surface area (Å²) in [5.74, 6) is 0.00824. The van der Waals surface area contributed by atoms with Crippen LogP contribution in [0.2, 0.25) is 0 Å². The van der Waals surface area contributed by atoms with Crippen LogP contribution < -0.4 is 11.1 Å². The van der Waals surface area contributed by atoms with E-state index < -0.39 is 0 Å². The molecule has 4 heteroatoms. The van der Waals surface area contributed by atoms with Gasteiger partial charge in [0.2, 0.25) is 0 Å². The minimum atomic E-state index is 0.00824. The predicted molar refractivity (Wildman–Crippen MR) is 72.1 cm³/mol. The summed E-state index contributed by atoms with van der Waals surface area (Å²) in [5.41, 5.74) is 7.27. The molecule has 0 aliphatic heterocycles. The van der Waals surface area contributed by atoms with Crippen LogP contribution in [0.3, 0.4) is 0 Å². The molecule has 0 unspecified atom stereocenters. The zero-order valence-corrected chi connectivity index (χ0v) is 10.8. The summed E-state index contributed by atoms with van der Waals surface area (Å²) in [6.45, 7) is 1.28. The van der Waals surface area contributed by atoms with Crippen LogP contribution in [-0.4, -0.2) is 23.5 Å². The molecule has 17 heavy (non-hydrogen) atoms. The van der Waals surface area contributed by atoms with Crippen molar-refractivity contribution in [1.82, 2.24) is 5.32 Å². The molecular formula is C13H18N2OS. The summed E-state index contributed by atoms with van der Waals surface area (Å²) >= 11 is 1.85. The van der Waals surface area contributed by atoms with Crippen LogP contribution in [0.25, 0.3) is 0 Å². The molecule has 2 rings (SSSR count). The normalized spacial score (nSPS) is 16.6. The summed E-state index contributed by atoms with van der Waals surface area (Å²) in [6.07, 6.45) is 4.52. The van der Waals surface area contributed by atoms with Gasteiger partial charge in [-0.25, -0.2) is 0 Å². The van der Waals surface area contributed by atoms with Gasteiger partial charge >= 0.3 is 0 Å².